The monoisotopic (exact) mass is 975 g/mol. The van der Waals surface area contributed by atoms with Crippen LogP contribution in [0.2, 0.25) is 0 Å². The molecule has 9 aromatic carbocycles. The minimum Gasteiger partial charge on any atom is -0.454 e. The summed E-state index contributed by atoms with van der Waals surface area (Å²) in [5.74, 6) is 0. The molecule has 0 saturated heterocycles. The Morgan fingerprint density at radius 2 is 1.05 bits per heavy atom. The Balaban J connectivity index is 1.13. The Kier molecular flexibility index (Phi) is 9.61. The smallest absolute Gasteiger partial charge is 0.333 e. The van der Waals surface area contributed by atoms with Gasteiger partial charge >= 0.3 is 6.85 Å². The largest absolute Gasteiger partial charge is 0.454 e. The quantitative estimate of drug-likeness (QED) is 0.161. The second-order valence-corrected chi connectivity index (χ2v) is 24.8. The van der Waals surface area contributed by atoms with E-state index in [1.807, 2.05) is 11.3 Å². The maximum absolute atomic E-state index is 6.98. The SMILES string of the molecule is CC(C)(C)c1ccc(N(c2ccc(C(C)(C)C)cc2)c2ccc3c(c2)B2c4c(cc5c(sc6ccccc65)c4N3c3ccc(C(C)(C)C)cc3-c3ccccc3)-c3cccc4c5oc6ccccc6c5n2c34)cc1. The van der Waals surface area contributed by atoms with Crippen LogP contribution in [0.15, 0.2) is 192 Å². The molecular weight excluding hydrogens is 918 g/mol. The highest BCUT2D eigenvalue weighted by Gasteiger charge is 2.46. The van der Waals surface area contributed by atoms with Gasteiger partial charge in [-0.25, -0.2) is 0 Å². The molecule has 5 heterocycles. The lowest BCUT2D eigenvalue weighted by atomic mass is 9.45. The number of fused-ring (bicyclic) bond motifs is 13. The minimum atomic E-state index is -0.209. The molecule has 0 saturated carbocycles. The number of nitrogens with zero attached hydrogens (tertiary/aromatic N) is 3. The van der Waals surface area contributed by atoms with E-state index in [0.717, 1.165) is 55.9 Å². The summed E-state index contributed by atoms with van der Waals surface area (Å²) in [5, 5.41) is 4.83. The van der Waals surface area contributed by atoms with E-state index in [2.05, 4.69) is 265 Å². The number of hydrogen-bond acceptors (Lipinski definition) is 4. The van der Waals surface area contributed by atoms with Crippen molar-refractivity contribution in [2.75, 3.05) is 9.80 Å². The van der Waals surface area contributed by atoms with Crippen LogP contribution in [0.25, 0.3) is 75.4 Å². The molecule has 0 fully saturated rings. The zero-order valence-corrected chi connectivity index (χ0v) is 44.4. The first-order valence-corrected chi connectivity index (χ1v) is 27.0. The van der Waals surface area contributed by atoms with Gasteiger partial charge in [0.05, 0.1) is 21.6 Å². The van der Waals surface area contributed by atoms with Crippen LogP contribution in [0.1, 0.15) is 79.0 Å². The van der Waals surface area contributed by atoms with E-state index < -0.39 is 0 Å². The molecule has 0 radical (unpaired) electrons. The summed E-state index contributed by atoms with van der Waals surface area (Å²) in [5.41, 5.74) is 22.4. The molecule has 14 rings (SSSR count). The average molecular weight is 976 g/mol. The second-order valence-electron chi connectivity index (χ2n) is 23.8. The summed E-state index contributed by atoms with van der Waals surface area (Å²) in [7, 11) is 0. The summed E-state index contributed by atoms with van der Waals surface area (Å²) in [6.07, 6.45) is 0. The van der Waals surface area contributed by atoms with Gasteiger partial charge in [0.2, 0.25) is 0 Å². The first-order valence-electron chi connectivity index (χ1n) is 26.2. The van der Waals surface area contributed by atoms with E-state index in [-0.39, 0.29) is 23.1 Å². The van der Waals surface area contributed by atoms with Crippen molar-refractivity contribution in [1.82, 2.24) is 4.48 Å². The zero-order valence-electron chi connectivity index (χ0n) is 43.6. The third-order valence-electron chi connectivity index (χ3n) is 16.0. The molecule has 6 heteroatoms. The fraction of sp³-hybridized carbons (Fsp3) is 0.176. The molecule has 0 aliphatic carbocycles. The lowest BCUT2D eigenvalue weighted by molar-refractivity contribution is 0.590. The van der Waals surface area contributed by atoms with Gasteiger partial charge < -0.3 is 18.7 Å². The summed E-state index contributed by atoms with van der Waals surface area (Å²) in [6, 6.07) is 71.1. The number of rotatable bonds is 5. The van der Waals surface area contributed by atoms with E-state index in [1.54, 1.807) is 0 Å². The van der Waals surface area contributed by atoms with Crippen molar-refractivity contribution >= 4 is 116 Å². The summed E-state index contributed by atoms with van der Waals surface area (Å²) in [4.78, 5) is 5.12. The van der Waals surface area contributed by atoms with E-state index in [0.29, 0.717) is 0 Å². The van der Waals surface area contributed by atoms with Gasteiger partial charge in [-0.15, -0.1) is 11.3 Å². The standard InChI is InChI=1S/C68H58BN3OS/c1-66(2,3)42-26-31-45(32-27-42)70(46-33-28-43(29-34-46)67(4,5)6)47-35-37-57-55(39-47)69-60-53(49-22-17-23-51-61(49)72(69)62-50-21-13-15-24-58(50)73-64(51)62)40-54-48-20-14-16-25-59(48)74-65(54)63(60)71(57)56-36-30-44(68(7,8)9)38-52(56)41-18-11-10-12-19-41/h10-40H,1-9H3. The van der Waals surface area contributed by atoms with Crippen LogP contribution >= 0.6 is 11.3 Å². The molecule has 0 amide bonds. The Bertz CT molecular complexity index is 4190. The lowest BCUT2D eigenvalue weighted by Crippen LogP contribution is -2.56. The van der Waals surface area contributed by atoms with Crippen LogP contribution in [0, 0.1) is 0 Å². The Morgan fingerprint density at radius 1 is 0.459 bits per heavy atom. The van der Waals surface area contributed by atoms with E-state index in [4.69, 9.17) is 4.42 Å². The van der Waals surface area contributed by atoms with Crippen LogP contribution in [0.3, 0.4) is 0 Å². The van der Waals surface area contributed by atoms with Gasteiger partial charge in [-0.3, -0.25) is 0 Å². The first kappa shape index (κ1) is 44.9. The van der Waals surface area contributed by atoms with Crippen molar-refractivity contribution < 1.29 is 4.42 Å². The van der Waals surface area contributed by atoms with Crippen molar-refractivity contribution in [2.24, 2.45) is 0 Å². The summed E-state index contributed by atoms with van der Waals surface area (Å²) < 4.78 is 12.2. The average Bonchev–Trinajstić information content (AvgIpc) is 4.11. The fourth-order valence-electron chi connectivity index (χ4n) is 12.2. The van der Waals surface area contributed by atoms with Crippen molar-refractivity contribution in [3.8, 4) is 22.3 Å². The van der Waals surface area contributed by atoms with Crippen LogP contribution in [0.4, 0.5) is 34.1 Å². The van der Waals surface area contributed by atoms with Gasteiger partial charge in [0.25, 0.3) is 0 Å². The van der Waals surface area contributed by atoms with E-state index in [9.17, 15) is 0 Å². The van der Waals surface area contributed by atoms with E-state index >= 15 is 0 Å². The molecule has 0 atom stereocenters. The topological polar surface area (TPSA) is 24.6 Å². The number of anilines is 6. The molecule has 2 aliphatic rings. The van der Waals surface area contributed by atoms with Crippen LogP contribution in [-0.4, -0.2) is 11.3 Å². The number of hydrogen-bond donors (Lipinski definition) is 0. The van der Waals surface area contributed by atoms with Crippen molar-refractivity contribution in [3.63, 3.8) is 0 Å². The van der Waals surface area contributed by atoms with Gasteiger partial charge in [-0.1, -0.05) is 165 Å². The second kappa shape index (κ2) is 15.9. The molecule has 0 spiro atoms. The predicted molar refractivity (Wildman–Crippen MR) is 319 cm³/mol. The van der Waals surface area contributed by atoms with Crippen LogP contribution in [0.5, 0.6) is 0 Å². The van der Waals surface area contributed by atoms with Crippen molar-refractivity contribution in [1.29, 1.82) is 0 Å². The molecule has 4 nitrogen and oxygen atoms in total. The van der Waals surface area contributed by atoms with Gasteiger partial charge in [0.1, 0.15) is 5.58 Å². The third kappa shape index (κ3) is 6.66. The Hall–Kier alpha value is -7.80. The van der Waals surface area contributed by atoms with Gasteiger partial charge in [-0.05, 0) is 140 Å². The number of benzene rings is 9. The molecule has 0 N–H and O–H groups in total. The van der Waals surface area contributed by atoms with Crippen LogP contribution < -0.4 is 20.7 Å². The molecule has 2 aliphatic heterocycles. The highest BCUT2D eigenvalue weighted by atomic mass is 32.1. The van der Waals surface area contributed by atoms with Crippen LogP contribution in [-0.2, 0) is 16.2 Å². The number of thiophene rings is 1. The highest BCUT2D eigenvalue weighted by Crippen LogP contribution is 2.54. The zero-order chi connectivity index (χ0) is 50.6. The molecule has 74 heavy (non-hydrogen) atoms. The molecule has 0 bridgehead atoms. The minimum absolute atomic E-state index is 0.0174. The number of para-hydroxylation sites is 2. The molecule has 3 aromatic heterocycles. The molecule has 12 aromatic rings. The fourth-order valence-corrected chi connectivity index (χ4v) is 13.4. The van der Waals surface area contributed by atoms with Gasteiger partial charge in [0.15, 0.2) is 5.58 Å². The van der Waals surface area contributed by atoms with Crippen molar-refractivity contribution in [2.45, 2.75) is 78.6 Å². The maximum Gasteiger partial charge on any atom is 0.333 e. The van der Waals surface area contributed by atoms with Gasteiger partial charge in [-0.2, -0.15) is 0 Å². The predicted octanol–water partition coefficient (Wildman–Crippen LogP) is 18.4. The summed E-state index contributed by atoms with van der Waals surface area (Å²) >= 11 is 1.92. The van der Waals surface area contributed by atoms with E-state index in [1.165, 1.54) is 81.2 Å². The molecular formula is C68H58BN3OS. The summed E-state index contributed by atoms with van der Waals surface area (Å²) in [6.45, 7) is 20.5. The number of aromatic nitrogens is 1. The maximum atomic E-state index is 6.98. The first-order chi connectivity index (χ1) is 35.6. The molecule has 0 unspecified atom stereocenters. The number of furan rings is 1. The van der Waals surface area contributed by atoms with Crippen molar-refractivity contribution in [3.05, 3.63) is 205 Å². The molecule has 360 valence electrons. The highest BCUT2D eigenvalue weighted by molar-refractivity contribution is 7.26. The Morgan fingerprint density at radius 3 is 1.74 bits per heavy atom. The Labute approximate surface area is 438 Å². The lowest BCUT2D eigenvalue weighted by Gasteiger charge is -2.42. The third-order valence-corrected chi connectivity index (χ3v) is 17.2. The van der Waals surface area contributed by atoms with Gasteiger partial charge in [0, 0.05) is 65.6 Å². The normalized spacial score (nSPS) is 13.4.